The Morgan fingerprint density at radius 2 is 0.850 bits per heavy atom. The van der Waals surface area contributed by atoms with Crippen LogP contribution in [-0.2, 0) is 19.2 Å². The second-order valence-electron chi connectivity index (χ2n) is 7.75. The highest BCUT2D eigenvalue weighted by Gasteiger charge is 2.25. The molecule has 0 aromatic rings. The van der Waals surface area contributed by atoms with E-state index in [4.69, 9.17) is 0 Å². The van der Waals surface area contributed by atoms with Crippen LogP contribution in [-0.4, -0.2) is 23.1 Å². The van der Waals surface area contributed by atoms with Crippen molar-refractivity contribution in [1.29, 1.82) is 0 Å². The highest BCUT2D eigenvalue weighted by atomic mass is 16.2. The molecule has 0 saturated heterocycles. The third-order valence-electron chi connectivity index (χ3n) is 2.48. The molecule has 0 spiro atoms. The summed E-state index contributed by atoms with van der Waals surface area (Å²) in [7, 11) is 0. The number of Topliss-reactive ketones (excluding diaryl/α,β-unsaturated/α-hetero) is 4. The second kappa shape index (κ2) is 6.91. The number of rotatable bonds is 7. The number of carbonyl (C=O) groups is 4. The van der Waals surface area contributed by atoms with Gasteiger partial charge in [0.2, 0.25) is 11.6 Å². The first kappa shape index (κ1) is 18.7. The molecule has 4 nitrogen and oxygen atoms in total. The summed E-state index contributed by atoms with van der Waals surface area (Å²) in [6, 6.07) is 0. The van der Waals surface area contributed by atoms with Gasteiger partial charge in [-0.25, -0.2) is 0 Å². The molecule has 0 aromatic carbocycles. The van der Waals surface area contributed by atoms with Crippen LogP contribution in [0.3, 0.4) is 0 Å². The van der Waals surface area contributed by atoms with Gasteiger partial charge in [-0.3, -0.25) is 19.2 Å². The Bertz CT molecular complexity index is 365. The molecule has 0 aliphatic rings. The average molecular weight is 282 g/mol. The van der Waals surface area contributed by atoms with E-state index in [1.54, 1.807) is 0 Å². The van der Waals surface area contributed by atoms with E-state index in [-0.39, 0.29) is 48.1 Å². The first-order valence-corrected chi connectivity index (χ1v) is 6.89. The van der Waals surface area contributed by atoms with E-state index in [1.807, 2.05) is 41.5 Å². The van der Waals surface area contributed by atoms with Gasteiger partial charge < -0.3 is 0 Å². The molecule has 0 amide bonds. The third-order valence-corrected chi connectivity index (χ3v) is 2.48. The lowest BCUT2D eigenvalue weighted by atomic mass is 9.87. The summed E-state index contributed by atoms with van der Waals surface area (Å²) in [5.41, 5.74) is -0.412. The lowest BCUT2D eigenvalue weighted by Crippen LogP contribution is -2.24. The molecule has 114 valence electrons. The first-order chi connectivity index (χ1) is 8.80. The van der Waals surface area contributed by atoms with E-state index >= 15 is 0 Å². The van der Waals surface area contributed by atoms with Crippen LogP contribution in [0.5, 0.6) is 0 Å². The molecule has 0 aliphatic carbocycles. The van der Waals surface area contributed by atoms with Gasteiger partial charge in [0.1, 0.15) is 11.6 Å². The fraction of sp³-hybridized carbons (Fsp3) is 0.750. The number of hydrogen-bond acceptors (Lipinski definition) is 4. The van der Waals surface area contributed by atoms with Crippen molar-refractivity contribution in [2.24, 2.45) is 10.8 Å². The number of ketones is 4. The van der Waals surface area contributed by atoms with Gasteiger partial charge in [0.15, 0.2) is 0 Å². The Balaban J connectivity index is 4.33. The summed E-state index contributed by atoms with van der Waals surface area (Å²) in [5.74, 6) is -2.00. The van der Waals surface area contributed by atoms with Crippen molar-refractivity contribution in [3.8, 4) is 0 Å². The standard InChI is InChI=1S/C16H26O4/c1-15(2,3)9-11(17)7-13(19)14(20)8-12(18)10-16(4,5)6/h7-10H2,1-6H3. The quantitative estimate of drug-likeness (QED) is 0.532. The highest BCUT2D eigenvalue weighted by Crippen LogP contribution is 2.21. The van der Waals surface area contributed by atoms with Crippen molar-refractivity contribution in [2.75, 3.05) is 0 Å². The molecule has 0 bridgehead atoms. The molecular formula is C16H26O4. The van der Waals surface area contributed by atoms with Crippen LogP contribution < -0.4 is 0 Å². The Morgan fingerprint density at radius 1 is 0.600 bits per heavy atom. The van der Waals surface area contributed by atoms with Gasteiger partial charge in [-0.05, 0) is 10.8 Å². The van der Waals surface area contributed by atoms with E-state index in [2.05, 4.69) is 0 Å². The Labute approximate surface area is 121 Å². The number of hydrogen-bond donors (Lipinski definition) is 0. The summed E-state index contributed by atoms with van der Waals surface area (Å²) in [5, 5.41) is 0. The molecule has 20 heavy (non-hydrogen) atoms. The molecule has 4 heteroatoms. The van der Waals surface area contributed by atoms with Crippen LogP contribution in [0, 0.1) is 10.8 Å². The van der Waals surface area contributed by atoms with E-state index in [9.17, 15) is 19.2 Å². The summed E-state index contributed by atoms with van der Waals surface area (Å²) in [6.07, 6.45) is -0.276. The number of carbonyl (C=O) groups excluding carboxylic acids is 4. The smallest absolute Gasteiger partial charge is 0.206 e. The van der Waals surface area contributed by atoms with Crippen molar-refractivity contribution in [3.05, 3.63) is 0 Å². The first-order valence-electron chi connectivity index (χ1n) is 6.89. The summed E-state index contributed by atoms with van der Waals surface area (Å²) < 4.78 is 0. The maximum absolute atomic E-state index is 11.6. The van der Waals surface area contributed by atoms with Crippen molar-refractivity contribution in [2.45, 2.75) is 67.2 Å². The average Bonchev–Trinajstić information content (AvgIpc) is 2.10. The Hall–Kier alpha value is -1.32. The van der Waals surface area contributed by atoms with Gasteiger partial charge in [-0.1, -0.05) is 41.5 Å². The zero-order chi connectivity index (χ0) is 16.1. The molecule has 0 heterocycles. The summed E-state index contributed by atoms with van der Waals surface area (Å²) >= 11 is 0. The van der Waals surface area contributed by atoms with Crippen LogP contribution in [0.15, 0.2) is 0 Å². The second-order valence-corrected chi connectivity index (χ2v) is 7.75. The lowest BCUT2D eigenvalue weighted by molar-refractivity contribution is -0.141. The van der Waals surface area contributed by atoms with E-state index in [0.717, 1.165) is 0 Å². The summed E-state index contributed by atoms with van der Waals surface area (Å²) in [6.45, 7) is 11.4. The van der Waals surface area contributed by atoms with Gasteiger partial charge in [0, 0.05) is 12.8 Å². The van der Waals surface area contributed by atoms with Crippen molar-refractivity contribution in [1.82, 2.24) is 0 Å². The molecule has 0 atom stereocenters. The zero-order valence-corrected chi connectivity index (χ0v) is 13.5. The monoisotopic (exact) mass is 282 g/mol. The van der Waals surface area contributed by atoms with Crippen LogP contribution in [0.25, 0.3) is 0 Å². The predicted octanol–water partition coefficient (Wildman–Crippen LogP) is 2.92. The van der Waals surface area contributed by atoms with Crippen LogP contribution in [0.4, 0.5) is 0 Å². The maximum atomic E-state index is 11.6. The van der Waals surface area contributed by atoms with Crippen LogP contribution >= 0.6 is 0 Å². The van der Waals surface area contributed by atoms with Gasteiger partial charge >= 0.3 is 0 Å². The van der Waals surface area contributed by atoms with Crippen molar-refractivity contribution in [3.63, 3.8) is 0 Å². The summed E-state index contributed by atoms with van der Waals surface area (Å²) in [4.78, 5) is 46.5. The van der Waals surface area contributed by atoms with Crippen molar-refractivity contribution < 1.29 is 19.2 Å². The topological polar surface area (TPSA) is 68.3 Å². The molecule has 0 aliphatic heterocycles. The van der Waals surface area contributed by atoms with Gasteiger partial charge in [-0.2, -0.15) is 0 Å². The van der Waals surface area contributed by atoms with Crippen LogP contribution in [0.1, 0.15) is 67.2 Å². The lowest BCUT2D eigenvalue weighted by Gasteiger charge is -2.17. The Morgan fingerprint density at radius 3 is 1.05 bits per heavy atom. The molecule has 0 unspecified atom stereocenters. The Kier molecular flexibility index (Phi) is 6.45. The van der Waals surface area contributed by atoms with E-state index in [0.29, 0.717) is 0 Å². The van der Waals surface area contributed by atoms with E-state index < -0.39 is 11.6 Å². The molecule has 0 N–H and O–H groups in total. The normalized spacial score (nSPS) is 12.1. The minimum absolute atomic E-state index is 0.206. The zero-order valence-electron chi connectivity index (χ0n) is 13.5. The SMILES string of the molecule is CC(C)(C)CC(=O)CC(=O)C(=O)CC(=O)CC(C)(C)C. The molecule has 0 fully saturated rings. The van der Waals surface area contributed by atoms with Crippen molar-refractivity contribution >= 4 is 23.1 Å². The van der Waals surface area contributed by atoms with Crippen LogP contribution in [0.2, 0.25) is 0 Å². The molecule has 0 aromatic heterocycles. The predicted molar refractivity (Wildman–Crippen MR) is 77.4 cm³/mol. The van der Waals surface area contributed by atoms with Gasteiger partial charge in [0.05, 0.1) is 12.8 Å². The molecule has 0 saturated carbocycles. The molecule has 0 rings (SSSR count). The fourth-order valence-electron chi connectivity index (χ4n) is 1.86. The molecular weight excluding hydrogens is 256 g/mol. The largest absolute Gasteiger partial charge is 0.299 e. The highest BCUT2D eigenvalue weighted by molar-refractivity contribution is 6.42. The van der Waals surface area contributed by atoms with Gasteiger partial charge in [0.25, 0.3) is 0 Å². The maximum Gasteiger partial charge on any atom is 0.206 e. The molecule has 0 radical (unpaired) electrons. The van der Waals surface area contributed by atoms with Gasteiger partial charge in [-0.15, -0.1) is 0 Å². The third kappa shape index (κ3) is 9.59. The van der Waals surface area contributed by atoms with E-state index in [1.165, 1.54) is 0 Å². The minimum atomic E-state index is -0.749. The fourth-order valence-corrected chi connectivity index (χ4v) is 1.86. The minimum Gasteiger partial charge on any atom is -0.299 e.